The molecule has 0 aliphatic heterocycles. The molecular weight excluding hydrogens is 322 g/mol. The van der Waals surface area contributed by atoms with Crippen LogP contribution in [0.3, 0.4) is 0 Å². The Kier molecular flexibility index (Phi) is 4.81. The first-order valence-electron chi connectivity index (χ1n) is 7.38. The van der Waals surface area contributed by atoms with Crippen molar-refractivity contribution >= 4 is 23.8 Å². The van der Waals surface area contributed by atoms with Crippen LogP contribution in [0.15, 0.2) is 24.3 Å². The smallest absolute Gasteiger partial charge is 0.195 e. The standard InChI is InChI=1S/C15H18ClN3O2S/c16-10-5-1-4-8-13(10)21-9-14-17-18-15(22)19(14)11-6-2-3-7-12(11)20/h1,4-5,8,11-12,20H,2-3,6-7,9H2,(H,18,22). The van der Waals surface area contributed by atoms with Crippen LogP contribution in [0.5, 0.6) is 5.75 Å². The first-order valence-corrected chi connectivity index (χ1v) is 8.16. The highest BCUT2D eigenvalue weighted by Crippen LogP contribution is 2.30. The monoisotopic (exact) mass is 339 g/mol. The summed E-state index contributed by atoms with van der Waals surface area (Å²) in [6, 6.07) is 7.26. The molecule has 1 heterocycles. The van der Waals surface area contributed by atoms with E-state index in [1.54, 1.807) is 6.07 Å². The summed E-state index contributed by atoms with van der Waals surface area (Å²) in [6.07, 6.45) is 3.43. The Labute approximate surface area is 138 Å². The fourth-order valence-corrected chi connectivity index (χ4v) is 3.35. The van der Waals surface area contributed by atoms with Crippen molar-refractivity contribution in [2.24, 2.45) is 0 Å². The average molecular weight is 340 g/mol. The third kappa shape index (κ3) is 3.19. The molecule has 0 bridgehead atoms. The number of aliphatic hydroxyl groups excluding tert-OH is 1. The molecule has 0 spiro atoms. The van der Waals surface area contributed by atoms with Crippen LogP contribution in [-0.2, 0) is 6.61 Å². The lowest BCUT2D eigenvalue weighted by atomic mass is 9.92. The van der Waals surface area contributed by atoms with Gasteiger partial charge in [-0.1, -0.05) is 36.6 Å². The van der Waals surface area contributed by atoms with Gasteiger partial charge >= 0.3 is 0 Å². The number of para-hydroxylation sites is 1. The lowest BCUT2D eigenvalue weighted by Crippen LogP contribution is -2.29. The highest BCUT2D eigenvalue weighted by molar-refractivity contribution is 7.71. The predicted molar refractivity (Wildman–Crippen MR) is 86.7 cm³/mol. The molecule has 7 heteroatoms. The Morgan fingerprint density at radius 2 is 2.14 bits per heavy atom. The predicted octanol–water partition coefficient (Wildman–Crippen LogP) is 3.65. The number of hydrogen-bond acceptors (Lipinski definition) is 4. The summed E-state index contributed by atoms with van der Waals surface area (Å²) in [5.41, 5.74) is 0. The fourth-order valence-electron chi connectivity index (χ4n) is 2.88. The van der Waals surface area contributed by atoms with Gasteiger partial charge in [-0.05, 0) is 37.2 Å². The molecule has 0 amide bonds. The number of ether oxygens (including phenoxy) is 1. The van der Waals surface area contributed by atoms with E-state index in [0.717, 1.165) is 25.7 Å². The van der Waals surface area contributed by atoms with E-state index in [1.165, 1.54) is 0 Å². The van der Waals surface area contributed by atoms with Gasteiger partial charge in [-0.25, -0.2) is 0 Å². The average Bonchev–Trinajstić information content (AvgIpc) is 2.88. The second-order valence-corrected chi connectivity index (χ2v) is 6.25. The number of halogens is 1. The van der Waals surface area contributed by atoms with Gasteiger partial charge in [0.15, 0.2) is 10.6 Å². The summed E-state index contributed by atoms with van der Waals surface area (Å²) in [5, 5.41) is 17.8. The van der Waals surface area contributed by atoms with Crippen LogP contribution in [-0.4, -0.2) is 26.0 Å². The number of nitrogens with zero attached hydrogens (tertiary/aromatic N) is 2. The quantitative estimate of drug-likeness (QED) is 0.835. The zero-order valence-electron chi connectivity index (χ0n) is 12.0. The summed E-state index contributed by atoms with van der Waals surface area (Å²) >= 11 is 11.4. The Morgan fingerprint density at radius 1 is 1.36 bits per heavy atom. The first kappa shape index (κ1) is 15.5. The van der Waals surface area contributed by atoms with Gasteiger partial charge in [0.05, 0.1) is 17.2 Å². The molecule has 1 aliphatic carbocycles. The highest BCUT2D eigenvalue weighted by atomic mass is 35.5. The maximum Gasteiger partial charge on any atom is 0.195 e. The molecular formula is C15H18ClN3O2S. The van der Waals surface area contributed by atoms with Crippen LogP contribution in [0.4, 0.5) is 0 Å². The maximum absolute atomic E-state index is 10.2. The molecule has 0 saturated heterocycles. The second-order valence-electron chi connectivity index (χ2n) is 5.45. The van der Waals surface area contributed by atoms with Crippen molar-refractivity contribution in [3.8, 4) is 5.75 Å². The minimum Gasteiger partial charge on any atom is -0.484 e. The molecule has 2 unspecified atom stereocenters. The van der Waals surface area contributed by atoms with E-state index >= 15 is 0 Å². The molecule has 22 heavy (non-hydrogen) atoms. The van der Waals surface area contributed by atoms with Gasteiger partial charge in [-0.3, -0.25) is 9.67 Å². The lowest BCUT2D eigenvalue weighted by Gasteiger charge is -2.29. The van der Waals surface area contributed by atoms with Crippen LogP contribution >= 0.6 is 23.8 Å². The van der Waals surface area contributed by atoms with Gasteiger partial charge in [0.2, 0.25) is 0 Å². The van der Waals surface area contributed by atoms with Crippen molar-refractivity contribution in [3.05, 3.63) is 39.9 Å². The fraction of sp³-hybridized carbons (Fsp3) is 0.467. The number of hydrogen-bond donors (Lipinski definition) is 2. The molecule has 3 rings (SSSR count). The molecule has 2 aromatic rings. The minimum absolute atomic E-state index is 0.0372. The number of rotatable bonds is 4. The number of aromatic amines is 1. The minimum atomic E-state index is -0.392. The number of aliphatic hydroxyl groups is 1. The Hall–Kier alpha value is -1.37. The highest BCUT2D eigenvalue weighted by Gasteiger charge is 2.27. The molecule has 1 aromatic heterocycles. The zero-order chi connectivity index (χ0) is 15.5. The number of H-pyrrole nitrogens is 1. The Morgan fingerprint density at radius 3 is 2.91 bits per heavy atom. The second kappa shape index (κ2) is 6.81. The van der Waals surface area contributed by atoms with E-state index in [4.69, 9.17) is 28.6 Å². The maximum atomic E-state index is 10.2. The lowest BCUT2D eigenvalue weighted by molar-refractivity contribution is 0.0715. The number of aromatic nitrogens is 3. The topological polar surface area (TPSA) is 63.1 Å². The van der Waals surface area contributed by atoms with E-state index in [-0.39, 0.29) is 12.6 Å². The van der Waals surface area contributed by atoms with Gasteiger partial charge < -0.3 is 9.84 Å². The molecule has 0 radical (unpaired) electrons. The van der Waals surface area contributed by atoms with Crippen molar-refractivity contribution in [3.63, 3.8) is 0 Å². The molecule has 118 valence electrons. The third-order valence-corrected chi connectivity index (χ3v) is 4.60. The summed E-state index contributed by atoms with van der Waals surface area (Å²) in [6.45, 7) is 0.250. The molecule has 1 aliphatic rings. The molecule has 2 N–H and O–H groups in total. The van der Waals surface area contributed by atoms with Gasteiger partial charge in [0, 0.05) is 0 Å². The summed E-state index contributed by atoms with van der Waals surface area (Å²) < 4.78 is 8.14. The van der Waals surface area contributed by atoms with Crippen LogP contribution < -0.4 is 4.74 Å². The Balaban J connectivity index is 1.80. The third-order valence-electron chi connectivity index (χ3n) is 4.00. The summed E-state index contributed by atoms with van der Waals surface area (Å²) in [4.78, 5) is 0. The van der Waals surface area contributed by atoms with Crippen molar-refractivity contribution in [2.75, 3.05) is 0 Å². The van der Waals surface area contributed by atoms with Crippen LogP contribution in [0.1, 0.15) is 37.5 Å². The Bertz CT molecular complexity index is 700. The van der Waals surface area contributed by atoms with Gasteiger partial charge in [0.1, 0.15) is 12.4 Å². The van der Waals surface area contributed by atoms with E-state index in [9.17, 15) is 5.11 Å². The summed E-state index contributed by atoms with van der Waals surface area (Å²) in [5.74, 6) is 1.28. The molecule has 5 nitrogen and oxygen atoms in total. The largest absolute Gasteiger partial charge is 0.484 e. The first-order chi connectivity index (χ1) is 10.7. The van der Waals surface area contributed by atoms with Crippen molar-refractivity contribution in [1.82, 2.24) is 14.8 Å². The molecule has 1 aromatic carbocycles. The van der Waals surface area contributed by atoms with Gasteiger partial charge in [-0.15, -0.1) is 0 Å². The zero-order valence-corrected chi connectivity index (χ0v) is 13.6. The SMILES string of the molecule is OC1CCCCC1n1c(COc2ccccc2Cl)n[nH]c1=S. The molecule has 2 atom stereocenters. The normalized spacial score (nSPS) is 21.7. The number of benzene rings is 1. The summed E-state index contributed by atoms with van der Waals surface area (Å²) in [7, 11) is 0. The van der Waals surface area contributed by atoms with Crippen molar-refractivity contribution in [1.29, 1.82) is 0 Å². The van der Waals surface area contributed by atoms with Gasteiger partial charge in [-0.2, -0.15) is 5.10 Å². The van der Waals surface area contributed by atoms with E-state index in [0.29, 0.717) is 21.4 Å². The van der Waals surface area contributed by atoms with Crippen LogP contribution in [0.25, 0.3) is 0 Å². The van der Waals surface area contributed by atoms with Crippen molar-refractivity contribution < 1.29 is 9.84 Å². The van der Waals surface area contributed by atoms with E-state index in [1.807, 2.05) is 22.8 Å². The van der Waals surface area contributed by atoms with Gasteiger partial charge in [0.25, 0.3) is 0 Å². The molecule has 1 fully saturated rings. The van der Waals surface area contributed by atoms with Crippen LogP contribution in [0, 0.1) is 4.77 Å². The van der Waals surface area contributed by atoms with E-state index in [2.05, 4.69) is 10.2 Å². The number of nitrogens with one attached hydrogen (secondary N) is 1. The van der Waals surface area contributed by atoms with E-state index < -0.39 is 6.10 Å². The van der Waals surface area contributed by atoms with Crippen molar-refractivity contribution in [2.45, 2.75) is 44.4 Å². The molecule has 1 saturated carbocycles. The van der Waals surface area contributed by atoms with Crippen LogP contribution in [0.2, 0.25) is 5.02 Å².